The lowest BCUT2D eigenvalue weighted by Crippen LogP contribution is -2.08. The highest BCUT2D eigenvalue weighted by Gasteiger charge is 2.09. The van der Waals surface area contributed by atoms with E-state index in [2.05, 4.69) is 21.5 Å². The van der Waals surface area contributed by atoms with Crippen molar-refractivity contribution in [3.8, 4) is 11.4 Å². The first-order valence-electron chi connectivity index (χ1n) is 6.55. The van der Waals surface area contributed by atoms with Crippen LogP contribution in [-0.4, -0.2) is 19.1 Å². The molecule has 0 saturated carbocycles. The van der Waals surface area contributed by atoms with Crippen LogP contribution in [0.5, 0.6) is 0 Å². The van der Waals surface area contributed by atoms with Crippen molar-refractivity contribution in [3.63, 3.8) is 0 Å². The average Bonchev–Trinajstić information content (AvgIpc) is 3.08. The molecule has 0 amide bonds. The molecule has 0 aliphatic carbocycles. The molecule has 0 saturated heterocycles. The summed E-state index contributed by atoms with van der Waals surface area (Å²) in [4.78, 5) is 8.68. The van der Waals surface area contributed by atoms with Gasteiger partial charge in [-0.25, -0.2) is 14.4 Å². The van der Waals surface area contributed by atoms with E-state index in [1.165, 1.54) is 12.1 Å². The Morgan fingerprint density at radius 3 is 2.70 bits per heavy atom. The van der Waals surface area contributed by atoms with Gasteiger partial charge in [0.1, 0.15) is 17.5 Å². The molecule has 102 valence electrons. The molecule has 3 aromatic rings. The van der Waals surface area contributed by atoms with Gasteiger partial charge in [-0.2, -0.15) is 0 Å². The molecular formula is C15H15FN4. The summed E-state index contributed by atoms with van der Waals surface area (Å²) in [6.45, 7) is 3.57. The highest BCUT2D eigenvalue weighted by atomic mass is 19.1. The summed E-state index contributed by atoms with van der Waals surface area (Å²) in [5.74, 6) is 1.45. The molecule has 0 N–H and O–H groups in total. The predicted octanol–water partition coefficient (Wildman–Crippen LogP) is 2.95. The number of nitrogens with zero attached hydrogens (tertiary/aromatic N) is 4. The fraction of sp³-hybridized carbons (Fsp3) is 0.200. The summed E-state index contributed by atoms with van der Waals surface area (Å²) in [6, 6.07) is 6.47. The van der Waals surface area contributed by atoms with E-state index in [-0.39, 0.29) is 5.82 Å². The largest absolute Gasteiger partial charge is 0.334 e. The van der Waals surface area contributed by atoms with Crippen LogP contribution in [0.3, 0.4) is 0 Å². The van der Waals surface area contributed by atoms with E-state index in [9.17, 15) is 4.39 Å². The van der Waals surface area contributed by atoms with Gasteiger partial charge in [-0.15, -0.1) is 0 Å². The van der Waals surface area contributed by atoms with Crippen LogP contribution in [0.25, 0.3) is 11.4 Å². The lowest BCUT2D eigenvalue weighted by atomic mass is 10.2. The molecule has 0 radical (unpaired) electrons. The topological polar surface area (TPSA) is 35.6 Å². The van der Waals surface area contributed by atoms with E-state index < -0.39 is 0 Å². The van der Waals surface area contributed by atoms with E-state index in [1.54, 1.807) is 18.5 Å². The maximum Gasteiger partial charge on any atom is 0.140 e. The molecule has 0 fully saturated rings. The Hall–Kier alpha value is -2.43. The van der Waals surface area contributed by atoms with Gasteiger partial charge in [0.2, 0.25) is 0 Å². The number of rotatable bonds is 4. The molecule has 0 bridgehead atoms. The third-order valence-corrected chi connectivity index (χ3v) is 3.25. The van der Waals surface area contributed by atoms with Gasteiger partial charge in [-0.05, 0) is 19.1 Å². The van der Waals surface area contributed by atoms with Gasteiger partial charge in [0.25, 0.3) is 0 Å². The van der Waals surface area contributed by atoms with Gasteiger partial charge in [-0.3, -0.25) is 0 Å². The van der Waals surface area contributed by atoms with Crippen molar-refractivity contribution in [2.24, 2.45) is 0 Å². The summed E-state index contributed by atoms with van der Waals surface area (Å²) in [5, 5.41) is 0. The van der Waals surface area contributed by atoms with Crippen molar-refractivity contribution in [1.82, 2.24) is 19.1 Å². The number of aromatic nitrogens is 4. The molecule has 0 unspecified atom stereocenters. The van der Waals surface area contributed by atoms with Crippen molar-refractivity contribution in [1.29, 1.82) is 0 Å². The van der Waals surface area contributed by atoms with Gasteiger partial charge in [-0.1, -0.05) is 12.1 Å². The maximum absolute atomic E-state index is 13.3. The predicted molar refractivity (Wildman–Crippen MR) is 74.6 cm³/mol. The van der Waals surface area contributed by atoms with Crippen LogP contribution < -0.4 is 0 Å². The third-order valence-electron chi connectivity index (χ3n) is 3.25. The first-order chi connectivity index (χ1) is 9.78. The van der Waals surface area contributed by atoms with Crippen LogP contribution in [0.2, 0.25) is 0 Å². The molecule has 0 aliphatic heterocycles. The SMILES string of the molecule is CCn1ccnc1Cn1ccnc1-c1cccc(F)c1. The van der Waals surface area contributed by atoms with Crippen LogP contribution in [0.1, 0.15) is 12.7 Å². The Morgan fingerprint density at radius 2 is 1.90 bits per heavy atom. The molecule has 20 heavy (non-hydrogen) atoms. The molecule has 5 heteroatoms. The van der Waals surface area contributed by atoms with Crippen LogP contribution in [0.4, 0.5) is 4.39 Å². The fourth-order valence-corrected chi connectivity index (χ4v) is 2.26. The highest BCUT2D eigenvalue weighted by Crippen LogP contribution is 2.19. The lowest BCUT2D eigenvalue weighted by Gasteiger charge is -2.09. The van der Waals surface area contributed by atoms with Gasteiger partial charge < -0.3 is 9.13 Å². The number of hydrogen-bond donors (Lipinski definition) is 0. The van der Waals surface area contributed by atoms with Crippen LogP contribution >= 0.6 is 0 Å². The summed E-state index contributed by atoms with van der Waals surface area (Å²) in [6.07, 6.45) is 7.35. The molecular weight excluding hydrogens is 255 g/mol. The third kappa shape index (κ3) is 2.34. The average molecular weight is 270 g/mol. The quantitative estimate of drug-likeness (QED) is 0.730. The van der Waals surface area contributed by atoms with E-state index in [0.29, 0.717) is 6.54 Å². The molecule has 0 aliphatic rings. The van der Waals surface area contributed by atoms with Gasteiger partial charge in [0.15, 0.2) is 0 Å². The van der Waals surface area contributed by atoms with Crippen LogP contribution in [0.15, 0.2) is 49.1 Å². The van der Waals surface area contributed by atoms with Crippen molar-refractivity contribution in [2.75, 3.05) is 0 Å². The zero-order valence-electron chi connectivity index (χ0n) is 11.2. The van der Waals surface area contributed by atoms with Gasteiger partial charge >= 0.3 is 0 Å². The van der Waals surface area contributed by atoms with Gasteiger partial charge in [0.05, 0.1) is 6.54 Å². The number of hydrogen-bond acceptors (Lipinski definition) is 2. The second-order valence-corrected chi connectivity index (χ2v) is 4.52. The van der Waals surface area contributed by atoms with Gasteiger partial charge in [0, 0.05) is 36.9 Å². The Balaban J connectivity index is 1.95. The number of halogens is 1. The van der Waals surface area contributed by atoms with Crippen LogP contribution in [0, 0.1) is 5.82 Å². The molecule has 2 heterocycles. The van der Waals surface area contributed by atoms with E-state index in [1.807, 2.05) is 23.0 Å². The van der Waals surface area contributed by atoms with E-state index in [4.69, 9.17) is 0 Å². The molecule has 3 rings (SSSR count). The molecule has 1 aromatic carbocycles. The smallest absolute Gasteiger partial charge is 0.140 e. The Bertz CT molecular complexity index is 714. The number of imidazole rings is 2. The zero-order chi connectivity index (χ0) is 13.9. The number of aryl methyl sites for hydroxylation is 1. The maximum atomic E-state index is 13.3. The Labute approximate surface area is 116 Å². The number of benzene rings is 1. The first kappa shape index (κ1) is 12.6. The summed E-state index contributed by atoms with van der Waals surface area (Å²) in [5.41, 5.74) is 0.768. The van der Waals surface area contributed by atoms with Crippen molar-refractivity contribution in [3.05, 3.63) is 60.7 Å². The molecule has 0 atom stereocenters. The zero-order valence-corrected chi connectivity index (χ0v) is 11.2. The molecule has 4 nitrogen and oxygen atoms in total. The second-order valence-electron chi connectivity index (χ2n) is 4.52. The second kappa shape index (κ2) is 5.28. The normalized spacial score (nSPS) is 10.9. The van der Waals surface area contributed by atoms with E-state index in [0.717, 1.165) is 23.8 Å². The monoisotopic (exact) mass is 270 g/mol. The van der Waals surface area contributed by atoms with Crippen molar-refractivity contribution >= 4 is 0 Å². The van der Waals surface area contributed by atoms with Crippen molar-refractivity contribution in [2.45, 2.75) is 20.0 Å². The minimum absolute atomic E-state index is 0.257. The summed E-state index contributed by atoms with van der Waals surface area (Å²) in [7, 11) is 0. The molecule has 0 spiro atoms. The summed E-state index contributed by atoms with van der Waals surface area (Å²) < 4.78 is 17.4. The Kier molecular flexibility index (Phi) is 3.33. The summed E-state index contributed by atoms with van der Waals surface area (Å²) >= 11 is 0. The minimum atomic E-state index is -0.257. The minimum Gasteiger partial charge on any atom is -0.334 e. The lowest BCUT2D eigenvalue weighted by molar-refractivity contribution is 0.627. The van der Waals surface area contributed by atoms with Crippen molar-refractivity contribution < 1.29 is 4.39 Å². The standard InChI is InChI=1S/C15H15FN4/c1-2-19-8-6-17-14(19)11-20-9-7-18-15(20)12-4-3-5-13(16)10-12/h3-10H,2,11H2,1H3. The fourth-order valence-electron chi connectivity index (χ4n) is 2.26. The Morgan fingerprint density at radius 1 is 1.10 bits per heavy atom. The van der Waals surface area contributed by atoms with Crippen LogP contribution in [-0.2, 0) is 13.1 Å². The van der Waals surface area contributed by atoms with E-state index >= 15 is 0 Å². The highest BCUT2D eigenvalue weighted by molar-refractivity contribution is 5.55. The first-order valence-corrected chi connectivity index (χ1v) is 6.55. The molecule has 2 aromatic heterocycles.